The lowest BCUT2D eigenvalue weighted by Gasteiger charge is -2.31. The zero-order chi connectivity index (χ0) is 26.8. The molecule has 0 saturated heterocycles. The molecule has 200 valence electrons. The van der Waals surface area contributed by atoms with Gasteiger partial charge in [-0.3, -0.25) is 25.8 Å². The van der Waals surface area contributed by atoms with Crippen LogP contribution in [0.15, 0.2) is 67.0 Å². The maximum atomic E-state index is 13.3. The summed E-state index contributed by atoms with van der Waals surface area (Å²) in [5.74, 6) is -2.07. The van der Waals surface area contributed by atoms with E-state index in [1.807, 2.05) is 18.3 Å². The van der Waals surface area contributed by atoms with E-state index in [0.717, 1.165) is 12.1 Å². The van der Waals surface area contributed by atoms with Crippen LogP contribution in [-0.2, 0) is 16.1 Å². The number of carboxylic acids is 1. The van der Waals surface area contributed by atoms with E-state index in [9.17, 15) is 19.5 Å². The molecule has 1 aliphatic heterocycles. The largest absolute Gasteiger partial charge is 0.478 e. The standard InChI is InChI=1S/C26H31N7O5/c34-22(19-10-6-11-21-20(19)16-30-33-21)31-26(23(35)36,12-4-5-13-27-24-28-14-7-15-29-24)32-25(37)38-17-18-8-2-1-3-9-18/h1-3,6-11,14,16,24,27-29H,4-5,12-13,15,17H2,(H,30,33)(H,31,34)(H,32,37)(H,35,36). The van der Waals surface area contributed by atoms with Gasteiger partial charge >= 0.3 is 12.1 Å². The molecule has 0 aliphatic carbocycles. The van der Waals surface area contributed by atoms with Crippen molar-refractivity contribution in [1.82, 2.24) is 36.8 Å². The Kier molecular flexibility index (Phi) is 8.90. The van der Waals surface area contributed by atoms with E-state index in [0.29, 0.717) is 30.3 Å². The Hall–Kier alpha value is -4.42. The first-order valence-electron chi connectivity index (χ1n) is 12.3. The number of unbranched alkanes of at least 4 members (excludes halogenated alkanes) is 1. The number of aromatic amines is 1. The number of rotatable bonds is 12. The third kappa shape index (κ3) is 6.87. The third-order valence-electron chi connectivity index (χ3n) is 6.10. The van der Waals surface area contributed by atoms with Crippen molar-refractivity contribution >= 4 is 28.9 Å². The second-order valence-corrected chi connectivity index (χ2v) is 8.81. The van der Waals surface area contributed by atoms with Crippen LogP contribution in [-0.4, -0.2) is 58.3 Å². The second-order valence-electron chi connectivity index (χ2n) is 8.81. The van der Waals surface area contributed by atoms with E-state index in [-0.39, 0.29) is 24.9 Å². The average Bonchev–Trinajstić information content (AvgIpc) is 3.42. The van der Waals surface area contributed by atoms with E-state index in [2.05, 4.69) is 36.8 Å². The van der Waals surface area contributed by atoms with Gasteiger partial charge in [0.2, 0.25) is 5.66 Å². The summed E-state index contributed by atoms with van der Waals surface area (Å²) in [6, 6.07) is 14.0. The van der Waals surface area contributed by atoms with Crippen LogP contribution < -0.4 is 26.6 Å². The van der Waals surface area contributed by atoms with Crippen LogP contribution in [0.4, 0.5) is 4.79 Å². The van der Waals surface area contributed by atoms with Gasteiger partial charge in [0, 0.05) is 18.4 Å². The summed E-state index contributed by atoms with van der Waals surface area (Å²) in [6.45, 7) is 1.26. The number of ether oxygens (including phenoxy) is 1. The summed E-state index contributed by atoms with van der Waals surface area (Å²) < 4.78 is 5.27. The van der Waals surface area contributed by atoms with Crippen LogP contribution in [0.2, 0.25) is 0 Å². The number of hydrogen-bond donors (Lipinski definition) is 7. The zero-order valence-electron chi connectivity index (χ0n) is 20.7. The van der Waals surface area contributed by atoms with Crippen molar-refractivity contribution in [1.29, 1.82) is 0 Å². The number of hydrogen-bond acceptors (Lipinski definition) is 8. The Balaban J connectivity index is 1.45. The lowest BCUT2D eigenvalue weighted by atomic mass is 10.0. The maximum Gasteiger partial charge on any atom is 0.409 e. The number of aromatic nitrogens is 2. The molecule has 2 unspecified atom stereocenters. The summed E-state index contributed by atoms with van der Waals surface area (Å²) in [4.78, 5) is 38.6. The van der Waals surface area contributed by atoms with Crippen molar-refractivity contribution in [2.24, 2.45) is 0 Å². The molecule has 12 heteroatoms. The summed E-state index contributed by atoms with van der Waals surface area (Å²) in [5, 5.41) is 32.1. The molecule has 0 radical (unpaired) electrons. The van der Waals surface area contributed by atoms with Crippen molar-refractivity contribution in [2.45, 2.75) is 37.8 Å². The number of aliphatic carboxylic acids is 1. The molecule has 2 heterocycles. The SMILES string of the molecule is O=C(NC(CCCCNC1NC=CCN1)(NC(=O)c1cccc2[nH]ncc12)C(=O)O)OCc1ccccc1. The van der Waals surface area contributed by atoms with E-state index < -0.39 is 23.6 Å². The normalized spacial score (nSPS) is 16.3. The summed E-state index contributed by atoms with van der Waals surface area (Å²) in [6.07, 6.45) is 5.15. The van der Waals surface area contributed by atoms with Crippen LogP contribution in [0, 0.1) is 0 Å². The number of carbonyl (C=O) groups is 3. The highest BCUT2D eigenvalue weighted by molar-refractivity contribution is 6.07. The Labute approximate surface area is 219 Å². The molecule has 12 nitrogen and oxygen atoms in total. The molecule has 1 aliphatic rings. The number of fused-ring (bicyclic) bond motifs is 1. The van der Waals surface area contributed by atoms with Crippen LogP contribution in [0.25, 0.3) is 10.9 Å². The summed E-state index contributed by atoms with van der Waals surface area (Å²) in [5.41, 5.74) is -0.504. The van der Waals surface area contributed by atoms with Gasteiger partial charge in [-0.05, 0) is 43.3 Å². The van der Waals surface area contributed by atoms with Gasteiger partial charge in [-0.15, -0.1) is 0 Å². The number of amides is 2. The minimum Gasteiger partial charge on any atom is -0.478 e. The number of nitrogens with one attached hydrogen (secondary N) is 6. The quantitative estimate of drug-likeness (QED) is 0.139. The first-order chi connectivity index (χ1) is 18.5. The molecule has 0 spiro atoms. The maximum absolute atomic E-state index is 13.3. The van der Waals surface area contributed by atoms with Crippen LogP contribution in [0.3, 0.4) is 0 Å². The van der Waals surface area contributed by atoms with Crippen LogP contribution in [0.5, 0.6) is 0 Å². The van der Waals surface area contributed by atoms with Gasteiger partial charge < -0.3 is 20.5 Å². The lowest BCUT2D eigenvalue weighted by Crippen LogP contribution is -2.65. The molecule has 0 fully saturated rings. The average molecular weight is 522 g/mol. The van der Waals surface area contributed by atoms with Crippen molar-refractivity contribution < 1.29 is 24.2 Å². The van der Waals surface area contributed by atoms with Gasteiger partial charge in [-0.1, -0.05) is 42.5 Å². The van der Waals surface area contributed by atoms with Crippen molar-refractivity contribution in [3.8, 4) is 0 Å². The molecule has 2 atom stereocenters. The molecular weight excluding hydrogens is 490 g/mol. The molecule has 38 heavy (non-hydrogen) atoms. The lowest BCUT2D eigenvalue weighted by molar-refractivity contribution is -0.146. The van der Waals surface area contributed by atoms with E-state index in [1.165, 1.54) is 6.20 Å². The van der Waals surface area contributed by atoms with Gasteiger partial charge in [0.05, 0.1) is 17.3 Å². The monoisotopic (exact) mass is 521 g/mol. The second kappa shape index (κ2) is 12.7. The zero-order valence-corrected chi connectivity index (χ0v) is 20.7. The fourth-order valence-corrected chi connectivity index (χ4v) is 4.09. The predicted octanol–water partition coefficient (Wildman–Crippen LogP) is 1.75. The molecule has 2 aromatic carbocycles. The molecule has 1 aromatic heterocycles. The molecule has 7 N–H and O–H groups in total. The minimum absolute atomic E-state index is 0.0512. The highest BCUT2D eigenvalue weighted by atomic mass is 16.5. The first kappa shape index (κ1) is 26.6. The van der Waals surface area contributed by atoms with Gasteiger partial charge in [0.25, 0.3) is 5.91 Å². The van der Waals surface area contributed by atoms with Crippen molar-refractivity contribution in [3.05, 3.63) is 78.1 Å². The van der Waals surface area contributed by atoms with Gasteiger partial charge in [0.15, 0.2) is 0 Å². The number of carboxylic acid groups (broad SMARTS) is 1. The molecule has 4 rings (SSSR count). The molecule has 3 aromatic rings. The fourth-order valence-electron chi connectivity index (χ4n) is 4.09. The van der Waals surface area contributed by atoms with E-state index in [4.69, 9.17) is 4.74 Å². The van der Waals surface area contributed by atoms with Crippen LogP contribution in [0.1, 0.15) is 35.2 Å². The summed E-state index contributed by atoms with van der Waals surface area (Å²) in [7, 11) is 0. The predicted molar refractivity (Wildman–Crippen MR) is 140 cm³/mol. The molecule has 2 amide bonds. The third-order valence-corrected chi connectivity index (χ3v) is 6.10. The topological polar surface area (TPSA) is 169 Å². The van der Waals surface area contributed by atoms with Gasteiger partial charge in [0.1, 0.15) is 12.9 Å². The van der Waals surface area contributed by atoms with E-state index in [1.54, 1.807) is 42.5 Å². The molecule has 0 saturated carbocycles. The van der Waals surface area contributed by atoms with Crippen molar-refractivity contribution in [2.75, 3.05) is 13.1 Å². The minimum atomic E-state index is -2.10. The number of carbonyl (C=O) groups excluding carboxylic acids is 2. The van der Waals surface area contributed by atoms with Crippen LogP contribution >= 0.6 is 0 Å². The van der Waals surface area contributed by atoms with Gasteiger partial charge in [-0.25, -0.2) is 9.59 Å². The molecular formula is C26H31N7O5. The highest BCUT2D eigenvalue weighted by Crippen LogP contribution is 2.19. The number of H-pyrrole nitrogens is 1. The Bertz CT molecular complexity index is 1280. The van der Waals surface area contributed by atoms with Gasteiger partial charge in [-0.2, -0.15) is 5.10 Å². The Morgan fingerprint density at radius 1 is 1.08 bits per heavy atom. The number of nitrogens with zero attached hydrogens (tertiary/aromatic N) is 1. The highest BCUT2D eigenvalue weighted by Gasteiger charge is 2.42. The smallest absolute Gasteiger partial charge is 0.409 e. The van der Waals surface area contributed by atoms with E-state index >= 15 is 0 Å². The fraction of sp³-hybridized carbons (Fsp3) is 0.308. The number of alkyl carbamates (subject to hydrolysis) is 1. The Morgan fingerprint density at radius 2 is 1.92 bits per heavy atom. The number of benzene rings is 2. The summed E-state index contributed by atoms with van der Waals surface area (Å²) >= 11 is 0. The first-order valence-corrected chi connectivity index (χ1v) is 12.3. The molecule has 0 bridgehead atoms. The van der Waals surface area contributed by atoms with Crippen molar-refractivity contribution in [3.63, 3.8) is 0 Å². The Morgan fingerprint density at radius 3 is 2.68 bits per heavy atom.